The van der Waals surface area contributed by atoms with Gasteiger partial charge in [0.25, 0.3) is 0 Å². The van der Waals surface area contributed by atoms with Crippen molar-refractivity contribution in [2.75, 3.05) is 19.8 Å². The number of carbonyl (C=O) groups is 1. The SMILES string of the molecule is CC1COCCN1C(=O)C(Cc1cccnc1)c1ccc(Cl)cc1. The number of aromatic nitrogens is 1. The normalized spacial score (nSPS) is 19.1. The first-order valence-corrected chi connectivity index (χ1v) is 8.55. The Morgan fingerprint density at radius 1 is 1.38 bits per heavy atom. The van der Waals surface area contributed by atoms with Crippen molar-refractivity contribution >= 4 is 17.5 Å². The highest BCUT2D eigenvalue weighted by Crippen LogP contribution is 2.26. The monoisotopic (exact) mass is 344 g/mol. The largest absolute Gasteiger partial charge is 0.377 e. The summed E-state index contributed by atoms with van der Waals surface area (Å²) in [5.41, 5.74) is 2.03. The Balaban J connectivity index is 1.88. The molecule has 0 bridgehead atoms. The Labute approximate surface area is 147 Å². The molecule has 2 unspecified atom stereocenters. The molecule has 0 aliphatic carbocycles. The minimum absolute atomic E-state index is 0.0925. The van der Waals surface area contributed by atoms with Gasteiger partial charge in [0.2, 0.25) is 5.91 Å². The Morgan fingerprint density at radius 2 is 2.17 bits per heavy atom. The van der Waals surface area contributed by atoms with Crippen LogP contribution < -0.4 is 0 Å². The Morgan fingerprint density at radius 3 is 2.83 bits per heavy atom. The standard InChI is InChI=1S/C19H21ClN2O2/c1-14-13-24-10-9-22(14)19(23)18(11-15-3-2-8-21-12-15)16-4-6-17(20)7-5-16/h2-8,12,14,18H,9-11,13H2,1H3. The molecule has 0 spiro atoms. The fraction of sp³-hybridized carbons (Fsp3) is 0.368. The van der Waals surface area contributed by atoms with Crippen LogP contribution in [-0.2, 0) is 16.0 Å². The highest BCUT2D eigenvalue weighted by molar-refractivity contribution is 6.30. The third kappa shape index (κ3) is 3.94. The van der Waals surface area contributed by atoms with Gasteiger partial charge >= 0.3 is 0 Å². The van der Waals surface area contributed by atoms with Gasteiger partial charge in [0.05, 0.1) is 25.2 Å². The molecule has 1 saturated heterocycles. The Kier molecular flexibility index (Phi) is 5.48. The van der Waals surface area contributed by atoms with Gasteiger partial charge in [-0.2, -0.15) is 0 Å². The van der Waals surface area contributed by atoms with Crippen molar-refractivity contribution in [1.82, 2.24) is 9.88 Å². The van der Waals surface area contributed by atoms with Crippen molar-refractivity contribution in [1.29, 1.82) is 0 Å². The zero-order chi connectivity index (χ0) is 16.9. The van der Waals surface area contributed by atoms with Gasteiger partial charge in [-0.1, -0.05) is 29.8 Å². The van der Waals surface area contributed by atoms with Gasteiger partial charge in [0.15, 0.2) is 0 Å². The topological polar surface area (TPSA) is 42.4 Å². The van der Waals surface area contributed by atoms with Crippen molar-refractivity contribution in [2.24, 2.45) is 0 Å². The molecule has 1 aliphatic heterocycles. The molecule has 1 fully saturated rings. The van der Waals surface area contributed by atoms with Gasteiger partial charge < -0.3 is 9.64 Å². The van der Waals surface area contributed by atoms with Crippen LogP contribution in [0.15, 0.2) is 48.8 Å². The maximum Gasteiger partial charge on any atom is 0.230 e. The number of benzene rings is 1. The summed E-state index contributed by atoms with van der Waals surface area (Å²) in [6.07, 6.45) is 4.18. The van der Waals surface area contributed by atoms with E-state index in [9.17, 15) is 4.79 Å². The number of ether oxygens (including phenoxy) is 1. The van der Waals surface area contributed by atoms with Crippen LogP contribution in [0.4, 0.5) is 0 Å². The van der Waals surface area contributed by atoms with E-state index in [1.165, 1.54) is 0 Å². The van der Waals surface area contributed by atoms with E-state index in [1.807, 2.05) is 54.4 Å². The highest BCUT2D eigenvalue weighted by Gasteiger charge is 2.31. The van der Waals surface area contributed by atoms with Crippen LogP contribution in [0, 0.1) is 0 Å². The predicted octanol–water partition coefficient (Wildman–Crippen LogP) is 3.31. The summed E-state index contributed by atoms with van der Waals surface area (Å²) in [4.78, 5) is 19.3. The van der Waals surface area contributed by atoms with E-state index in [4.69, 9.17) is 16.3 Å². The lowest BCUT2D eigenvalue weighted by molar-refractivity contribution is -0.140. The zero-order valence-electron chi connectivity index (χ0n) is 13.7. The van der Waals surface area contributed by atoms with Crippen LogP contribution in [0.1, 0.15) is 24.0 Å². The molecule has 0 N–H and O–H groups in total. The summed E-state index contributed by atoms with van der Waals surface area (Å²) in [5.74, 6) is -0.107. The third-order valence-corrected chi connectivity index (χ3v) is 4.64. The average molecular weight is 345 g/mol. The first-order valence-electron chi connectivity index (χ1n) is 8.18. The van der Waals surface area contributed by atoms with E-state index in [-0.39, 0.29) is 17.9 Å². The van der Waals surface area contributed by atoms with Gasteiger partial charge in [-0.05, 0) is 42.7 Å². The highest BCUT2D eigenvalue weighted by atomic mass is 35.5. The van der Waals surface area contributed by atoms with Gasteiger partial charge in [0, 0.05) is 24.0 Å². The van der Waals surface area contributed by atoms with Crippen molar-refractivity contribution in [2.45, 2.75) is 25.3 Å². The summed E-state index contributed by atoms with van der Waals surface area (Å²) >= 11 is 6.01. The van der Waals surface area contributed by atoms with Gasteiger partial charge in [-0.25, -0.2) is 0 Å². The number of morpholine rings is 1. The van der Waals surface area contributed by atoms with Crippen molar-refractivity contribution < 1.29 is 9.53 Å². The van der Waals surface area contributed by atoms with E-state index >= 15 is 0 Å². The molecule has 3 rings (SSSR count). The van der Waals surface area contributed by atoms with Crippen molar-refractivity contribution in [3.63, 3.8) is 0 Å². The summed E-state index contributed by atoms with van der Waals surface area (Å²) in [6.45, 7) is 3.85. The van der Waals surface area contributed by atoms with Crippen LogP contribution in [0.2, 0.25) is 5.02 Å². The molecule has 1 aromatic carbocycles. The number of nitrogens with zero attached hydrogens (tertiary/aromatic N) is 2. The van der Waals surface area contributed by atoms with Gasteiger partial charge in [-0.3, -0.25) is 9.78 Å². The number of carbonyl (C=O) groups excluding carboxylic acids is 1. The van der Waals surface area contributed by atoms with E-state index in [1.54, 1.807) is 6.20 Å². The molecule has 0 saturated carbocycles. The second kappa shape index (κ2) is 7.77. The first kappa shape index (κ1) is 16.9. The Bertz CT molecular complexity index is 676. The molecule has 2 atom stereocenters. The van der Waals surface area contributed by atoms with Gasteiger partial charge in [-0.15, -0.1) is 0 Å². The molecular weight excluding hydrogens is 324 g/mol. The number of amides is 1. The lowest BCUT2D eigenvalue weighted by Crippen LogP contribution is -2.49. The third-order valence-electron chi connectivity index (χ3n) is 4.38. The van der Waals surface area contributed by atoms with Crippen LogP contribution >= 0.6 is 11.6 Å². The number of halogens is 1. The minimum atomic E-state index is -0.244. The quantitative estimate of drug-likeness (QED) is 0.854. The molecule has 5 heteroatoms. The second-order valence-corrected chi connectivity index (χ2v) is 6.56. The molecular formula is C19H21ClN2O2. The lowest BCUT2D eigenvalue weighted by Gasteiger charge is -2.36. The summed E-state index contributed by atoms with van der Waals surface area (Å²) in [5, 5.41) is 0.672. The van der Waals surface area contributed by atoms with Crippen molar-refractivity contribution in [3.05, 3.63) is 64.9 Å². The summed E-state index contributed by atoms with van der Waals surface area (Å²) < 4.78 is 5.46. The van der Waals surface area contributed by atoms with Crippen LogP contribution in [-0.4, -0.2) is 41.6 Å². The van der Waals surface area contributed by atoms with Crippen LogP contribution in [0.25, 0.3) is 0 Å². The number of hydrogen-bond acceptors (Lipinski definition) is 3. The van der Waals surface area contributed by atoms with Crippen LogP contribution in [0.3, 0.4) is 0 Å². The number of pyridine rings is 1. The molecule has 1 aliphatic rings. The van der Waals surface area contributed by atoms with E-state index < -0.39 is 0 Å². The first-order chi connectivity index (χ1) is 11.6. The minimum Gasteiger partial charge on any atom is -0.377 e. The summed E-state index contributed by atoms with van der Waals surface area (Å²) in [7, 11) is 0. The maximum absolute atomic E-state index is 13.2. The fourth-order valence-electron chi connectivity index (χ4n) is 3.05. The lowest BCUT2D eigenvalue weighted by atomic mass is 9.90. The molecule has 2 aromatic rings. The predicted molar refractivity (Wildman–Crippen MR) is 94.1 cm³/mol. The molecule has 2 heterocycles. The molecule has 126 valence electrons. The average Bonchev–Trinajstić information content (AvgIpc) is 2.61. The Hall–Kier alpha value is -1.91. The molecule has 1 aromatic heterocycles. The van der Waals surface area contributed by atoms with E-state index in [0.717, 1.165) is 11.1 Å². The summed E-state index contributed by atoms with van der Waals surface area (Å²) in [6, 6.07) is 11.5. The van der Waals surface area contributed by atoms with Gasteiger partial charge in [0.1, 0.15) is 0 Å². The van der Waals surface area contributed by atoms with Crippen LogP contribution in [0.5, 0.6) is 0 Å². The fourth-order valence-corrected chi connectivity index (χ4v) is 3.18. The van der Waals surface area contributed by atoms with Crippen molar-refractivity contribution in [3.8, 4) is 0 Å². The molecule has 24 heavy (non-hydrogen) atoms. The van der Waals surface area contributed by atoms with E-state index in [0.29, 0.717) is 31.2 Å². The smallest absolute Gasteiger partial charge is 0.230 e. The molecule has 4 nitrogen and oxygen atoms in total. The second-order valence-electron chi connectivity index (χ2n) is 6.13. The molecule has 0 radical (unpaired) electrons. The number of rotatable bonds is 4. The maximum atomic E-state index is 13.2. The zero-order valence-corrected chi connectivity index (χ0v) is 14.4. The molecule has 1 amide bonds. The van der Waals surface area contributed by atoms with E-state index in [2.05, 4.69) is 4.98 Å². The number of hydrogen-bond donors (Lipinski definition) is 0.